The first kappa shape index (κ1) is 15.9. The zero-order chi connectivity index (χ0) is 16.9. The maximum absolute atomic E-state index is 11.8. The van der Waals surface area contributed by atoms with Crippen LogP contribution in [0.5, 0.6) is 11.5 Å². The van der Waals surface area contributed by atoms with Gasteiger partial charge in [0.05, 0.1) is 18.6 Å². The van der Waals surface area contributed by atoms with Gasteiger partial charge in [-0.15, -0.1) is 0 Å². The Balaban J connectivity index is 1.45. The molecule has 1 aliphatic rings. The molecule has 0 bridgehead atoms. The van der Waals surface area contributed by atoms with Crippen molar-refractivity contribution < 1.29 is 28.6 Å². The number of furan rings is 1. The number of hydrogen-bond acceptors (Lipinski definition) is 6. The number of nitrogens with one attached hydrogen (secondary N) is 2. The SMILES string of the molecule is O=C(NCc1ccc2c(c1)OCO2)C(=O)NC[C@@H](O)c1ccoc1. The molecule has 0 saturated heterocycles. The second kappa shape index (κ2) is 7.05. The third-order valence-corrected chi connectivity index (χ3v) is 3.48. The number of benzene rings is 1. The van der Waals surface area contributed by atoms with Crippen molar-refractivity contribution in [1.29, 1.82) is 0 Å². The molecule has 1 atom stereocenters. The van der Waals surface area contributed by atoms with E-state index in [4.69, 9.17) is 13.9 Å². The van der Waals surface area contributed by atoms with Gasteiger partial charge in [0, 0.05) is 18.7 Å². The molecule has 0 spiro atoms. The fourth-order valence-electron chi connectivity index (χ4n) is 2.17. The van der Waals surface area contributed by atoms with Crippen molar-refractivity contribution in [2.45, 2.75) is 12.6 Å². The first-order valence-corrected chi connectivity index (χ1v) is 7.28. The lowest BCUT2D eigenvalue weighted by Crippen LogP contribution is -2.41. The molecule has 0 fully saturated rings. The van der Waals surface area contributed by atoms with Crippen LogP contribution in [0.25, 0.3) is 0 Å². The topological polar surface area (TPSA) is 110 Å². The number of hydrogen-bond donors (Lipinski definition) is 3. The van der Waals surface area contributed by atoms with E-state index in [1.54, 1.807) is 24.3 Å². The molecule has 2 heterocycles. The molecule has 2 amide bonds. The molecule has 3 N–H and O–H groups in total. The van der Waals surface area contributed by atoms with E-state index in [-0.39, 0.29) is 19.9 Å². The van der Waals surface area contributed by atoms with Crippen LogP contribution >= 0.6 is 0 Å². The molecule has 0 saturated carbocycles. The highest BCUT2D eigenvalue weighted by molar-refractivity contribution is 6.35. The summed E-state index contributed by atoms with van der Waals surface area (Å²) in [6.07, 6.45) is 1.85. The van der Waals surface area contributed by atoms with E-state index in [2.05, 4.69) is 10.6 Å². The number of fused-ring (bicyclic) bond motifs is 1. The Kier molecular flexibility index (Phi) is 4.66. The largest absolute Gasteiger partial charge is 0.472 e. The molecular weight excluding hydrogens is 316 g/mol. The summed E-state index contributed by atoms with van der Waals surface area (Å²) in [5.41, 5.74) is 1.30. The summed E-state index contributed by atoms with van der Waals surface area (Å²) in [7, 11) is 0. The van der Waals surface area contributed by atoms with Gasteiger partial charge in [0.2, 0.25) is 6.79 Å². The average molecular weight is 332 g/mol. The van der Waals surface area contributed by atoms with Crippen LogP contribution in [0.15, 0.2) is 41.2 Å². The fourth-order valence-corrected chi connectivity index (χ4v) is 2.17. The van der Waals surface area contributed by atoms with Gasteiger partial charge in [-0.3, -0.25) is 9.59 Å². The maximum atomic E-state index is 11.8. The first-order chi connectivity index (χ1) is 11.6. The minimum absolute atomic E-state index is 0.0875. The summed E-state index contributed by atoms with van der Waals surface area (Å²) < 4.78 is 15.3. The summed E-state index contributed by atoms with van der Waals surface area (Å²) in [6.45, 7) is 0.259. The monoisotopic (exact) mass is 332 g/mol. The molecule has 8 heteroatoms. The van der Waals surface area contributed by atoms with Gasteiger partial charge < -0.3 is 29.6 Å². The molecular formula is C16H16N2O6. The van der Waals surface area contributed by atoms with Crippen LogP contribution in [0, 0.1) is 0 Å². The normalized spacial score (nSPS) is 13.4. The highest BCUT2D eigenvalue weighted by atomic mass is 16.7. The van der Waals surface area contributed by atoms with Crippen LogP contribution in [0.1, 0.15) is 17.2 Å². The Bertz CT molecular complexity index is 728. The predicted octanol–water partition coefficient (Wildman–Crippen LogP) is 0.474. The average Bonchev–Trinajstić information content (AvgIpc) is 3.27. The van der Waals surface area contributed by atoms with Crippen molar-refractivity contribution in [3.8, 4) is 11.5 Å². The third-order valence-electron chi connectivity index (χ3n) is 3.48. The summed E-state index contributed by atoms with van der Waals surface area (Å²) in [4.78, 5) is 23.5. The lowest BCUT2D eigenvalue weighted by atomic mass is 10.2. The predicted molar refractivity (Wildman–Crippen MR) is 81.1 cm³/mol. The Morgan fingerprint density at radius 3 is 2.71 bits per heavy atom. The molecule has 1 aromatic carbocycles. The van der Waals surface area contributed by atoms with E-state index in [1.165, 1.54) is 12.5 Å². The zero-order valence-electron chi connectivity index (χ0n) is 12.7. The lowest BCUT2D eigenvalue weighted by Gasteiger charge is -2.10. The molecule has 8 nitrogen and oxygen atoms in total. The number of carbonyl (C=O) groups is 2. The summed E-state index contributed by atoms with van der Waals surface area (Å²) in [5.74, 6) is -0.351. The van der Waals surface area contributed by atoms with Crippen LogP contribution in [-0.4, -0.2) is 30.3 Å². The van der Waals surface area contributed by atoms with Gasteiger partial charge in [0.15, 0.2) is 11.5 Å². The van der Waals surface area contributed by atoms with Crippen molar-refractivity contribution >= 4 is 11.8 Å². The van der Waals surface area contributed by atoms with Crippen LogP contribution in [0.2, 0.25) is 0 Å². The Labute approximate surface area is 137 Å². The number of amides is 2. The molecule has 1 aromatic heterocycles. The maximum Gasteiger partial charge on any atom is 0.309 e. The smallest absolute Gasteiger partial charge is 0.309 e. The minimum atomic E-state index is -0.936. The number of rotatable bonds is 5. The molecule has 2 aromatic rings. The molecule has 3 rings (SSSR count). The van der Waals surface area contributed by atoms with E-state index < -0.39 is 17.9 Å². The van der Waals surface area contributed by atoms with Crippen molar-refractivity contribution in [3.63, 3.8) is 0 Å². The standard InChI is InChI=1S/C16H16N2O6/c19-12(11-3-4-22-8-11)7-18-16(21)15(20)17-6-10-1-2-13-14(5-10)24-9-23-13/h1-5,8,12,19H,6-7,9H2,(H,17,20)(H,18,21)/t12-/m1/s1. The molecule has 1 aliphatic heterocycles. The van der Waals surface area contributed by atoms with Crippen LogP contribution in [-0.2, 0) is 16.1 Å². The van der Waals surface area contributed by atoms with E-state index >= 15 is 0 Å². The van der Waals surface area contributed by atoms with Crippen LogP contribution in [0.3, 0.4) is 0 Å². The van der Waals surface area contributed by atoms with Gasteiger partial charge in [-0.2, -0.15) is 0 Å². The van der Waals surface area contributed by atoms with Gasteiger partial charge in [-0.1, -0.05) is 6.07 Å². The zero-order valence-corrected chi connectivity index (χ0v) is 12.7. The Morgan fingerprint density at radius 1 is 1.12 bits per heavy atom. The molecule has 24 heavy (non-hydrogen) atoms. The van der Waals surface area contributed by atoms with E-state index in [0.29, 0.717) is 17.1 Å². The Morgan fingerprint density at radius 2 is 1.92 bits per heavy atom. The summed E-state index contributed by atoms with van der Waals surface area (Å²) in [6, 6.07) is 6.83. The van der Waals surface area contributed by atoms with Gasteiger partial charge in [0.25, 0.3) is 0 Å². The number of aliphatic hydroxyl groups excluding tert-OH is 1. The molecule has 0 unspecified atom stereocenters. The quantitative estimate of drug-likeness (QED) is 0.687. The number of ether oxygens (including phenoxy) is 2. The minimum Gasteiger partial charge on any atom is -0.472 e. The first-order valence-electron chi connectivity index (χ1n) is 7.28. The summed E-state index contributed by atoms with van der Waals surface area (Å²) in [5, 5.41) is 14.7. The van der Waals surface area contributed by atoms with E-state index in [0.717, 1.165) is 5.56 Å². The van der Waals surface area contributed by atoms with Crippen molar-refractivity contribution in [3.05, 3.63) is 47.9 Å². The van der Waals surface area contributed by atoms with Crippen LogP contribution in [0.4, 0.5) is 0 Å². The highest BCUT2D eigenvalue weighted by Gasteiger charge is 2.17. The second-order valence-electron chi connectivity index (χ2n) is 5.15. The van der Waals surface area contributed by atoms with Crippen molar-refractivity contribution in [2.75, 3.05) is 13.3 Å². The number of aliphatic hydroxyl groups is 1. The van der Waals surface area contributed by atoms with E-state index in [1.807, 2.05) is 0 Å². The third kappa shape index (κ3) is 3.66. The number of carbonyl (C=O) groups excluding carboxylic acids is 2. The second-order valence-corrected chi connectivity index (χ2v) is 5.15. The summed E-state index contributed by atoms with van der Waals surface area (Å²) >= 11 is 0. The fraction of sp³-hybridized carbons (Fsp3) is 0.250. The molecule has 0 radical (unpaired) electrons. The van der Waals surface area contributed by atoms with Crippen LogP contribution < -0.4 is 20.1 Å². The van der Waals surface area contributed by atoms with Crippen molar-refractivity contribution in [2.24, 2.45) is 0 Å². The van der Waals surface area contributed by atoms with Gasteiger partial charge >= 0.3 is 11.8 Å². The van der Waals surface area contributed by atoms with Gasteiger partial charge in [-0.05, 0) is 23.8 Å². The Hall–Kier alpha value is -3.00. The molecule has 0 aliphatic carbocycles. The van der Waals surface area contributed by atoms with E-state index in [9.17, 15) is 14.7 Å². The van der Waals surface area contributed by atoms with Gasteiger partial charge in [-0.25, -0.2) is 0 Å². The molecule has 126 valence electrons. The van der Waals surface area contributed by atoms with Gasteiger partial charge in [0.1, 0.15) is 0 Å². The van der Waals surface area contributed by atoms with Crippen molar-refractivity contribution in [1.82, 2.24) is 10.6 Å². The lowest BCUT2D eigenvalue weighted by molar-refractivity contribution is -0.139. The highest BCUT2D eigenvalue weighted by Crippen LogP contribution is 2.32.